The van der Waals surface area contributed by atoms with Gasteiger partial charge in [0.2, 0.25) is 0 Å². The number of H-pyrrole nitrogens is 1. The van der Waals surface area contributed by atoms with Crippen molar-refractivity contribution in [3.8, 4) is 0 Å². The van der Waals surface area contributed by atoms with Crippen LogP contribution in [0.3, 0.4) is 0 Å². The van der Waals surface area contributed by atoms with Crippen molar-refractivity contribution in [1.29, 1.82) is 0 Å². The Bertz CT molecular complexity index is 450. The van der Waals surface area contributed by atoms with Crippen LogP contribution in [-0.2, 0) is 6.54 Å². The van der Waals surface area contributed by atoms with E-state index in [0.717, 1.165) is 5.56 Å². The van der Waals surface area contributed by atoms with E-state index in [0.29, 0.717) is 16.9 Å². The molecule has 0 saturated heterocycles. The minimum absolute atomic E-state index is 0.190. The molecule has 0 spiro atoms. The highest BCUT2D eigenvalue weighted by Gasteiger charge is 2.06. The quantitative estimate of drug-likeness (QED) is 0.891. The molecular formula is C9H8BrN3O2. The molecule has 2 aromatic heterocycles. The maximum Gasteiger partial charge on any atom is 0.269 e. The van der Waals surface area contributed by atoms with Gasteiger partial charge in [-0.05, 0) is 28.1 Å². The third-order valence-electron chi connectivity index (χ3n) is 1.82. The van der Waals surface area contributed by atoms with Gasteiger partial charge in [0, 0.05) is 18.3 Å². The summed E-state index contributed by atoms with van der Waals surface area (Å²) in [6.07, 6.45) is 3.11. The molecule has 0 bridgehead atoms. The number of nitrogens with one attached hydrogen (secondary N) is 2. The Kier molecular flexibility index (Phi) is 2.86. The van der Waals surface area contributed by atoms with Crippen LogP contribution in [0, 0.1) is 0 Å². The van der Waals surface area contributed by atoms with Gasteiger partial charge in [-0.3, -0.25) is 9.89 Å². The summed E-state index contributed by atoms with van der Waals surface area (Å²) in [6.45, 7) is 0.424. The lowest BCUT2D eigenvalue weighted by molar-refractivity contribution is 0.0946. The highest BCUT2D eigenvalue weighted by Crippen LogP contribution is 2.13. The molecule has 5 nitrogen and oxygen atoms in total. The molecule has 0 aliphatic heterocycles. The van der Waals surface area contributed by atoms with Gasteiger partial charge in [0.25, 0.3) is 5.91 Å². The average Bonchev–Trinajstić information content (AvgIpc) is 2.84. The zero-order chi connectivity index (χ0) is 10.7. The van der Waals surface area contributed by atoms with Crippen LogP contribution < -0.4 is 5.32 Å². The summed E-state index contributed by atoms with van der Waals surface area (Å²) in [4.78, 5) is 11.5. The Morgan fingerprint density at radius 3 is 3.13 bits per heavy atom. The topological polar surface area (TPSA) is 70.9 Å². The number of hydrogen-bond acceptors (Lipinski definition) is 3. The minimum atomic E-state index is -0.190. The van der Waals surface area contributed by atoms with Crippen LogP contribution in [0.2, 0.25) is 0 Å². The van der Waals surface area contributed by atoms with Crippen LogP contribution in [0.4, 0.5) is 0 Å². The van der Waals surface area contributed by atoms with Crippen LogP contribution >= 0.6 is 15.9 Å². The first kappa shape index (κ1) is 9.97. The van der Waals surface area contributed by atoms with Crippen LogP contribution in [0.15, 0.2) is 33.7 Å². The molecule has 0 unspecified atom stereocenters. The third kappa shape index (κ3) is 2.47. The number of carbonyl (C=O) groups is 1. The first-order valence-electron chi connectivity index (χ1n) is 4.26. The predicted octanol–water partition coefficient (Wildman–Crippen LogP) is 1.70. The lowest BCUT2D eigenvalue weighted by Crippen LogP contribution is -2.22. The summed E-state index contributed by atoms with van der Waals surface area (Å²) >= 11 is 3.18. The highest BCUT2D eigenvalue weighted by atomic mass is 79.9. The standard InChI is InChI=1S/C9H8BrN3O2/c10-8-3-6(5-15-8)4-11-9(14)7-1-2-12-13-7/h1-3,5H,4H2,(H,11,14)(H,12,13). The molecule has 0 aromatic carbocycles. The van der Waals surface area contributed by atoms with E-state index in [4.69, 9.17) is 4.42 Å². The number of hydrogen-bond donors (Lipinski definition) is 2. The number of aromatic nitrogens is 2. The van der Waals surface area contributed by atoms with Crippen molar-refractivity contribution < 1.29 is 9.21 Å². The van der Waals surface area contributed by atoms with E-state index >= 15 is 0 Å². The van der Waals surface area contributed by atoms with E-state index < -0.39 is 0 Å². The number of rotatable bonds is 3. The zero-order valence-electron chi connectivity index (χ0n) is 7.66. The van der Waals surface area contributed by atoms with Gasteiger partial charge in [-0.15, -0.1) is 0 Å². The molecule has 78 valence electrons. The maximum absolute atomic E-state index is 11.5. The van der Waals surface area contributed by atoms with Crippen molar-refractivity contribution in [2.24, 2.45) is 0 Å². The van der Waals surface area contributed by atoms with E-state index in [-0.39, 0.29) is 5.91 Å². The number of nitrogens with zero attached hydrogens (tertiary/aromatic N) is 1. The summed E-state index contributed by atoms with van der Waals surface area (Å²) in [5, 5.41) is 9.00. The third-order valence-corrected chi connectivity index (χ3v) is 2.24. The largest absolute Gasteiger partial charge is 0.457 e. The Hall–Kier alpha value is -1.56. The molecule has 0 radical (unpaired) electrons. The van der Waals surface area contributed by atoms with E-state index in [2.05, 4.69) is 31.4 Å². The summed E-state index contributed by atoms with van der Waals surface area (Å²) < 4.78 is 5.68. The fourth-order valence-electron chi connectivity index (χ4n) is 1.10. The van der Waals surface area contributed by atoms with Crippen LogP contribution in [0.1, 0.15) is 16.1 Å². The second-order valence-corrected chi connectivity index (χ2v) is 3.69. The van der Waals surface area contributed by atoms with E-state index in [9.17, 15) is 4.79 Å². The molecule has 0 saturated carbocycles. The van der Waals surface area contributed by atoms with Crippen molar-refractivity contribution in [3.63, 3.8) is 0 Å². The monoisotopic (exact) mass is 269 g/mol. The number of carbonyl (C=O) groups excluding carboxylic acids is 1. The van der Waals surface area contributed by atoms with Gasteiger partial charge in [0.15, 0.2) is 4.67 Å². The Morgan fingerprint density at radius 1 is 1.67 bits per heavy atom. The van der Waals surface area contributed by atoms with Crippen LogP contribution in [0.5, 0.6) is 0 Å². The lowest BCUT2D eigenvalue weighted by Gasteiger charge is -1.99. The summed E-state index contributed by atoms with van der Waals surface area (Å²) in [7, 11) is 0. The minimum Gasteiger partial charge on any atom is -0.457 e. The molecule has 15 heavy (non-hydrogen) atoms. The molecule has 2 heterocycles. The number of amides is 1. The molecule has 0 aliphatic carbocycles. The fourth-order valence-corrected chi connectivity index (χ4v) is 1.49. The van der Waals surface area contributed by atoms with Gasteiger partial charge in [0.05, 0.1) is 6.26 Å². The zero-order valence-corrected chi connectivity index (χ0v) is 9.24. The molecule has 2 N–H and O–H groups in total. The average molecular weight is 270 g/mol. The summed E-state index contributed by atoms with van der Waals surface area (Å²) in [6, 6.07) is 3.41. The second kappa shape index (κ2) is 4.31. The van der Waals surface area contributed by atoms with Crippen LogP contribution in [0.25, 0.3) is 0 Å². The molecule has 0 atom stereocenters. The van der Waals surface area contributed by atoms with Gasteiger partial charge in [0.1, 0.15) is 5.69 Å². The van der Waals surface area contributed by atoms with Crippen molar-refractivity contribution in [1.82, 2.24) is 15.5 Å². The normalized spacial score (nSPS) is 10.2. The SMILES string of the molecule is O=C(NCc1coc(Br)c1)c1ccn[nH]1. The van der Waals surface area contributed by atoms with Crippen LogP contribution in [-0.4, -0.2) is 16.1 Å². The molecule has 2 rings (SSSR count). The second-order valence-electron chi connectivity index (χ2n) is 2.91. The lowest BCUT2D eigenvalue weighted by atomic mass is 10.3. The predicted molar refractivity (Wildman–Crippen MR) is 56.2 cm³/mol. The van der Waals surface area contributed by atoms with E-state index in [1.54, 1.807) is 18.4 Å². The molecule has 0 fully saturated rings. The number of furan rings is 1. The fraction of sp³-hybridized carbons (Fsp3) is 0.111. The van der Waals surface area contributed by atoms with Gasteiger partial charge < -0.3 is 9.73 Å². The van der Waals surface area contributed by atoms with Crippen molar-refractivity contribution in [3.05, 3.63) is 40.5 Å². The summed E-state index contributed by atoms with van der Waals surface area (Å²) in [5.74, 6) is -0.190. The van der Waals surface area contributed by atoms with Gasteiger partial charge in [-0.25, -0.2) is 0 Å². The molecule has 0 aliphatic rings. The Labute approximate surface area is 94.0 Å². The molecule has 1 amide bonds. The van der Waals surface area contributed by atoms with E-state index in [1.165, 1.54) is 6.20 Å². The first-order valence-corrected chi connectivity index (χ1v) is 5.05. The Balaban J connectivity index is 1.91. The van der Waals surface area contributed by atoms with Crippen molar-refractivity contribution in [2.45, 2.75) is 6.54 Å². The van der Waals surface area contributed by atoms with Crippen molar-refractivity contribution in [2.75, 3.05) is 0 Å². The molecular weight excluding hydrogens is 262 g/mol. The van der Waals surface area contributed by atoms with E-state index in [1.807, 2.05) is 0 Å². The number of halogens is 1. The smallest absolute Gasteiger partial charge is 0.269 e. The summed E-state index contributed by atoms with van der Waals surface area (Å²) in [5.41, 5.74) is 1.34. The van der Waals surface area contributed by atoms with Gasteiger partial charge in [-0.2, -0.15) is 5.10 Å². The Morgan fingerprint density at radius 2 is 2.53 bits per heavy atom. The number of aromatic amines is 1. The molecule has 6 heteroatoms. The van der Waals surface area contributed by atoms with Gasteiger partial charge >= 0.3 is 0 Å². The highest BCUT2D eigenvalue weighted by molar-refractivity contribution is 9.10. The maximum atomic E-state index is 11.5. The molecule has 2 aromatic rings. The van der Waals surface area contributed by atoms with Crippen molar-refractivity contribution >= 4 is 21.8 Å². The van der Waals surface area contributed by atoms with Gasteiger partial charge in [-0.1, -0.05) is 0 Å². The first-order chi connectivity index (χ1) is 7.25.